The molecule has 41 heavy (non-hydrogen) atoms. The number of hydrogen-bond donors (Lipinski definition) is 5. The third-order valence-corrected chi connectivity index (χ3v) is 7.11. The number of nitrogens with one attached hydrogen (secondary N) is 1. The van der Waals surface area contributed by atoms with Crippen LogP contribution in [0.5, 0.6) is 0 Å². The second-order valence-corrected chi connectivity index (χ2v) is 10.1. The summed E-state index contributed by atoms with van der Waals surface area (Å²) < 4.78 is 20.6. The molecule has 0 aliphatic carbocycles. The number of hydrogen-bond acceptors (Lipinski definition) is 7. The van der Waals surface area contributed by atoms with Gasteiger partial charge in [0.1, 0.15) is 17.2 Å². The van der Waals surface area contributed by atoms with Crippen molar-refractivity contribution in [1.29, 1.82) is 0 Å². The van der Waals surface area contributed by atoms with E-state index in [2.05, 4.69) is 23.2 Å². The number of carboxylic acids is 3. The number of carbonyl (C=O) groups is 4. The molecular weight excluding hydrogens is 539 g/mol. The van der Waals surface area contributed by atoms with E-state index in [1.54, 1.807) is 12.1 Å². The highest BCUT2D eigenvalue weighted by molar-refractivity contribution is 5.88. The molecule has 1 aliphatic rings. The Balaban J connectivity index is 0.000000302. The molecular formula is C29H33FN2O9. The number of likely N-dealkylation sites (tertiary alicyclic amines) is 1. The lowest BCUT2D eigenvalue weighted by Gasteiger charge is -2.42. The molecule has 220 valence electrons. The van der Waals surface area contributed by atoms with E-state index in [1.807, 2.05) is 24.3 Å². The Bertz CT molecular complexity index is 1410. The fourth-order valence-electron chi connectivity index (χ4n) is 5.03. The van der Waals surface area contributed by atoms with Crippen molar-refractivity contribution in [2.75, 3.05) is 13.1 Å². The van der Waals surface area contributed by atoms with Gasteiger partial charge in [0, 0.05) is 31.0 Å². The molecule has 2 heterocycles. The molecule has 3 aromatic rings. The van der Waals surface area contributed by atoms with Crippen molar-refractivity contribution in [3.8, 4) is 0 Å². The number of nitrogens with zero attached hydrogens (tertiary/aromatic N) is 1. The van der Waals surface area contributed by atoms with Crippen molar-refractivity contribution in [3.05, 3.63) is 71.2 Å². The summed E-state index contributed by atoms with van der Waals surface area (Å²) in [5.74, 6) is -4.45. The summed E-state index contributed by atoms with van der Waals surface area (Å²) in [4.78, 5) is 44.7. The summed E-state index contributed by atoms with van der Waals surface area (Å²) in [5.41, 5.74) is -0.743. The molecule has 1 aliphatic heterocycles. The number of amides is 1. The first-order valence-corrected chi connectivity index (χ1v) is 12.9. The minimum absolute atomic E-state index is 0.134. The van der Waals surface area contributed by atoms with Gasteiger partial charge in [-0.2, -0.15) is 0 Å². The van der Waals surface area contributed by atoms with E-state index in [4.69, 9.17) is 24.8 Å². The van der Waals surface area contributed by atoms with Crippen LogP contribution < -0.4 is 5.32 Å². The summed E-state index contributed by atoms with van der Waals surface area (Å²) >= 11 is 0. The largest absolute Gasteiger partial charge is 0.481 e. The van der Waals surface area contributed by atoms with Gasteiger partial charge in [0.05, 0.1) is 24.9 Å². The first-order chi connectivity index (χ1) is 19.3. The summed E-state index contributed by atoms with van der Waals surface area (Å²) in [6.07, 6.45) is -0.969. The smallest absolute Gasteiger partial charge is 0.336 e. The van der Waals surface area contributed by atoms with Gasteiger partial charge >= 0.3 is 17.9 Å². The molecule has 2 aromatic carbocycles. The Hall–Kier alpha value is -4.29. The lowest BCUT2D eigenvalue weighted by atomic mass is 9.80. The first kappa shape index (κ1) is 31.2. The summed E-state index contributed by atoms with van der Waals surface area (Å²) in [6, 6.07) is 14.8. The average molecular weight is 573 g/mol. The van der Waals surface area contributed by atoms with E-state index in [9.17, 15) is 23.6 Å². The molecule has 12 heteroatoms. The fraction of sp³-hybridized carbons (Fsp3) is 0.379. The van der Waals surface area contributed by atoms with Crippen LogP contribution in [0.1, 0.15) is 49.5 Å². The monoisotopic (exact) mass is 572 g/mol. The number of aliphatic hydroxyl groups is 1. The van der Waals surface area contributed by atoms with Crippen LogP contribution in [0.25, 0.3) is 11.0 Å². The van der Waals surface area contributed by atoms with E-state index in [-0.39, 0.29) is 11.7 Å². The molecule has 0 radical (unpaired) electrons. The quantitative estimate of drug-likeness (QED) is 0.256. The standard InChI is InChI=1S/C23H25FN2O2.C6H8O7/c1-16-18-7-3-6-10-21(18)28-22(16)15-26-13-11-23(12-14-26,25-17(2)27)19-8-4-5-9-20(19)24;7-3(8)1-6(13,5(11)12)2-4(9)10/h3-10H,11-15H2,1-2H3,(H,25,27);13H,1-2H2,(H,7,8)(H,9,10)(H,11,12). The molecule has 0 bridgehead atoms. The molecule has 4 rings (SSSR count). The number of rotatable bonds is 9. The van der Waals surface area contributed by atoms with Crippen LogP contribution in [-0.4, -0.2) is 67.8 Å². The number of aliphatic carboxylic acids is 3. The van der Waals surface area contributed by atoms with Crippen molar-refractivity contribution in [3.63, 3.8) is 0 Å². The number of halogens is 1. The van der Waals surface area contributed by atoms with E-state index in [1.165, 1.54) is 18.6 Å². The lowest BCUT2D eigenvalue weighted by Crippen LogP contribution is -2.52. The zero-order valence-corrected chi connectivity index (χ0v) is 22.7. The number of carbonyl (C=O) groups excluding carboxylic acids is 1. The van der Waals surface area contributed by atoms with Crippen LogP contribution in [0.3, 0.4) is 0 Å². The Kier molecular flexibility index (Phi) is 9.84. The van der Waals surface area contributed by atoms with E-state index < -0.39 is 41.9 Å². The summed E-state index contributed by atoms with van der Waals surface area (Å²) in [5, 5.41) is 38.0. The van der Waals surface area contributed by atoms with Crippen LogP contribution in [0.2, 0.25) is 0 Å². The maximum atomic E-state index is 14.5. The van der Waals surface area contributed by atoms with Gasteiger partial charge in [-0.1, -0.05) is 36.4 Å². The van der Waals surface area contributed by atoms with Crippen LogP contribution in [-0.2, 0) is 31.3 Å². The van der Waals surface area contributed by atoms with Gasteiger partial charge < -0.3 is 30.2 Å². The maximum absolute atomic E-state index is 14.5. The highest BCUT2D eigenvalue weighted by Crippen LogP contribution is 2.36. The van der Waals surface area contributed by atoms with Gasteiger partial charge in [-0.05, 0) is 37.5 Å². The van der Waals surface area contributed by atoms with E-state index >= 15 is 0 Å². The van der Waals surface area contributed by atoms with Crippen LogP contribution in [0.4, 0.5) is 4.39 Å². The molecule has 1 fully saturated rings. The molecule has 0 spiro atoms. The second kappa shape index (κ2) is 12.9. The highest BCUT2D eigenvalue weighted by atomic mass is 19.1. The van der Waals surface area contributed by atoms with Gasteiger partial charge in [-0.3, -0.25) is 19.3 Å². The minimum Gasteiger partial charge on any atom is -0.481 e. The molecule has 1 aromatic heterocycles. The minimum atomic E-state index is -2.74. The van der Waals surface area contributed by atoms with Gasteiger partial charge in [0.2, 0.25) is 5.91 Å². The molecule has 0 unspecified atom stereocenters. The van der Waals surface area contributed by atoms with Crippen LogP contribution in [0.15, 0.2) is 52.9 Å². The number of benzene rings is 2. The van der Waals surface area contributed by atoms with Gasteiger partial charge in [0.25, 0.3) is 0 Å². The predicted octanol–water partition coefficient (Wildman–Crippen LogP) is 3.26. The van der Waals surface area contributed by atoms with Crippen LogP contribution in [0, 0.1) is 12.7 Å². The topological polar surface area (TPSA) is 178 Å². The number of para-hydroxylation sites is 1. The Morgan fingerprint density at radius 1 is 0.976 bits per heavy atom. The summed E-state index contributed by atoms with van der Waals surface area (Å²) in [6.45, 7) is 5.81. The maximum Gasteiger partial charge on any atom is 0.336 e. The van der Waals surface area contributed by atoms with E-state index in [0.29, 0.717) is 24.9 Å². The van der Waals surface area contributed by atoms with Crippen molar-refractivity contribution < 1.29 is 48.4 Å². The van der Waals surface area contributed by atoms with Crippen molar-refractivity contribution in [2.45, 2.75) is 57.2 Å². The number of carboxylic acid groups (broad SMARTS) is 3. The second-order valence-electron chi connectivity index (χ2n) is 10.1. The third-order valence-electron chi connectivity index (χ3n) is 7.11. The van der Waals surface area contributed by atoms with Crippen molar-refractivity contribution in [1.82, 2.24) is 10.2 Å². The number of aryl methyl sites for hydroxylation is 1. The van der Waals surface area contributed by atoms with Crippen molar-refractivity contribution in [2.24, 2.45) is 0 Å². The van der Waals surface area contributed by atoms with Crippen molar-refractivity contribution >= 4 is 34.8 Å². The lowest BCUT2D eigenvalue weighted by molar-refractivity contribution is -0.170. The zero-order chi connectivity index (χ0) is 30.4. The summed E-state index contributed by atoms with van der Waals surface area (Å²) in [7, 11) is 0. The zero-order valence-electron chi connectivity index (χ0n) is 22.7. The SMILES string of the molecule is CC(=O)NC1(c2ccccc2F)CCN(Cc2oc3ccccc3c2C)CC1.O=C(O)CC(O)(CC(=O)O)C(=O)O. The molecule has 5 N–H and O–H groups in total. The fourth-order valence-corrected chi connectivity index (χ4v) is 5.03. The number of fused-ring (bicyclic) bond motifs is 1. The van der Waals surface area contributed by atoms with Gasteiger partial charge in [0.15, 0.2) is 5.60 Å². The van der Waals surface area contributed by atoms with Gasteiger partial charge in [-0.25, -0.2) is 9.18 Å². The van der Waals surface area contributed by atoms with Gasteiger partial charge in [-0.15, -0.1) is 0 Å². The number of furan rings is 1. The molecule has 0 atom stereocenters. The Labute approximate surface area is 235 Å². The normalized spacial score (nSPS) is 15.0. The van der Waals surface area contributed by atoms with E-state index in [0.717, 1.165) is 29.8 Å². The van der Waals surface area contributed by atoms with Crippen LogP contribution >= 0.6 is 0 Å². The molecule has 11 nitrogen and oxygen atoms in total. The Morgan fingerprint density at radius 2 is 1.54 bits per heavy atom. The number of piperidine rings is 1. The highest BCUT2D eigenvalue weighted by Gasteiger charge is 2.41. The average Bonchev–Trinajstić information content (AvgIpc) is 3.19. The molecule has 1 saturated heterocycles. The molecule has 0 saturated carbocycles. The first-order valence-electron chi connectivity index (χ1n) is 12.9. The third kappa shape index (κ3) is 7.68. The Morgan fingerprint density at radius 3 is 2.05 bits per heavy atom. The predicted molar refractivity (Wildman–Crippen MR) is 144 cm³/mol. The molecule has 1 amide bonds.